The molecule has 0 radical (unpaired) electrons. The average Bonchev–Trinajstić information content (AvgIpc) is 2.53. The van der Waals surface area contributed by atoms with Gasteiger partial charge in [-0.2, -0.15) is 0 Å². The number of hydrogen-bond acceptors (Lipinski definition) is 3. The molecule has 1 aliphatic heterocycles. The molecule has 3 amide bonds. The fourth-order valence-corrected chi connectivity index (χ4v) is 2.57. The van der Waals surface area contributed by atoms with E-state index >= 15 is 0 Å². The summed E-state index contributed by atoms with van der Waals surface area (Å²) in [5.74, 6) is 0.491. The summed E-state index contributed by atoms with van der Waals surface area (Å²) in [7, 11) is 0. The van der Waals surface area contributed by atoms with Crippen molar-refractivity contribution in [1.82, 2.24) is 20.5 Å². The van der Waals surface area contributed by atoms with Gasteiger partial charge in [-0.15, -0.1) is 0 Å². The second kappa shape index (κ2) is 7.77. The van der Waals surface area contributed by atoms with Crippen LogP contribution in [0.5, 0.6) is 0 Å². The van der Waals surface area contributed by atoms with E-state index in [9.17, 15) is 9.59 Å². The zero-order valence-electron chi connectivity index (χ0n) is 13.2. The second-order valence-electron chi connectivity index (χ2n) is 5.98. The van der Waals surface area contributed by atoms with Crippen molar-refractivity contribution in [2.75, 3.05) is 19.6 Å². The number of piperidine rings is 1. The van der Waals surface area contributed by atoms with E-state index in [0.29, 0.717) is 18.0 Å². The number of pyridine rings is 1. The molecule has 1 aromatic heterocycles. The van der Waals surface area contributed by atoms with Crippen LogP contribution in [0.4, 0.5) is 4.79 Å². The molecule has 0 aliphatic carbocycles. The Bertz CT molecular complexity index is 496. The molecule has 0 atom stereocenters. The third-order valence-electron chi connectivity index (χ3n) is 3.80. The SMILES string of the molecule is CC(C)NC(=O)NCC1CCN(C(=O)c2ccncc2)CC1. The van der Waals surface area contributed by atoms with Crippen LogP contribution in [-0.4, -0.2) is 47.5 Å². The molecule has 22 heavy (non-hydrogen) atoms. The Morgan fingerprint density at radius 1 is 1.27 bits per heavy atom. The highest BCUT2D eigenvalue weighted by atomic mass is 16.2. The van der Waals surface area contributed by atoms with Crippen molar-refractivity contribution in [3.05, 3.63) is 30.1 Å². The highest BCUT2D eigenvalue weighted by molar-refractivity contribution is 5.94. The van der Waals surface area contributed by atoms with E-state index in [0.717, 1.165) is 25.9 Å². The number of nitrogens with zero attached hydrogens (tertiary/aromatic N) is 2. The summed E-state index contributed by atoms with van der Waals surface area (Å²) in [6.45, 7) is 6.00. The molecular formula is C16H24N4O2. The van der Waals surface area contributed by atoms with E-state index in [1.54, 1.807) is 24.5 Å². The van der Waals surface area contributed by atoms with Crippen LogP contribution < -0.4 is 10.6 Å². The topological polar surface area (TPSA) is 74.3 Å². The predicted molar refractivity (Wildman–Crippen MR) is 84.5 cm³/mol. The Kier molecular flexibility index (Phi) is 5.75. The van der Waals surface area contributed by atoms with E-state index in [1.807, 2.05) is 18.7 Å². The molecule has 1 aliphatic rings. The van der Waals surface area contributed by atoms with Crippen molar-refractivity contribution in [2.24, 2.45) is 5.92 Å². The minimum Gasteiger partial charge on any atom is -0.339 e. The minimum atomic E-state index is -0.120. The number of likely N-dealkylation sites (tertiary alicyclic amines) is 1. The van der Waals surface area contributed by atoms with Gasteiger partial charge in [0.15, 0.2) is 0 Å². The molecule has 0 aromatic carbocycles. The lowest BCUT2D eigenvalue weighted by molar-refractivity contribution is 0.0690. The lowest BCUT2D eigenvalue weighted by Crippen LogP contribution is -2.44. The lowest BCUT2D eigenvalue weighted by atomic mass is 9.96. The molecule has 2 heterocycles. The number of carbonyl (C=O) groups excluding carboxylic acids is 2. The second-order valence-corrected chi connectivity index (χ2v) is 5.98. The number of nitrogens with one attached hydrogen (secondary N) is 2. The Hall–Kier alpha value is -2.11. The smallest absolute Gasteiger partial charge is 0.314 e. The van der Waals surface area contributed by atoms with E-state index in [1.165, 1.54) is 0 Å². The van der Waals surface area contributed by atoms with E-state index in [4.69, 9.17) is 0 Å². The largest absolute Gasteiger partial charge is 0.339 e. The summed E-state index contributed by atoms with van der Waals surface area (Å²) in [6.07, 6.45) is 5.10. The molecule has 0 unspecified atom stereocenters. The van der Waals surface area contributed by atoms with Gasteiger partial charge in [0.25, 0.3) is 5.91 Å². The van der Waals surface area contributed by atoms with Crippen LogP contribution in [0.3, 0.4) is 0 Å². The van der Waals surface area contributed by atoms with Crippen LogP contribution in [0.25, 0.3) is 0 Å². The van der Waals surface area contributed by atoms with Crippen molar-refractivity contribution >= 4 is 11.9 Å². The molecule has 2 N–H and O–H groups in total. The van der Waals surface area contributed by atoms with Crippen molar-refractivity contribution < 1.29 is 9.59 Å². The molecule has 0 spiro atoms. The van der Waals surface area contributed by atoms with Crippen LogP contribution in [0.15, 0.2) is 24.5 Å². The van der Waals surface area contributed by atoms with E-state index < -0.39 is 0 Å². The van der Waals surface area contributed by atoms with Gasteiger partial charge in [0.2, 0.25) is 0 Å². The summed E-state index contributed by atoms with van der Waals surface area (Å²) < 4.78 is 0. The zero-order valence-corrected chi connectivity index (χ0v) is 13.2. The summed E-state index contributed by atoms with van der Waals surface area (Å²) in [5.41, 5.74) is 0.683. The van der Waals surface area contributed by atoms with E-state index in [-0.39, 0.29) is 18.0 Å². The normalized spacial score (nSPS) is 15.7. The first-order valence-electron chi connectivity index (χ1n) is 7.80. The van der Waals surface area contributed by atoms with Crippen LogP contribution in [0.1, 0.15) is 37.0 Å². The van der Waals surface area contributed by atoms with Gasteiger partial charge < -0.3 is 15.5 Å². The number of carbonyl (C=O) groups is 2. The lowest BCUT2D eigenvalue weighted by Gasteiger charge is -2.32. The van der Waals surface area contributed by atoms with Crippen LogP contribution in [0, 0.1) is 5.92 Å². The van der Waals surface area contributed by atoms with Crippen molar-refractivity contribution in [3.8, 4) is 0 Å². The number of urea groups is 1. The Labute approximate surface area is 131 Å². The van der Waals surface area contributed by atoms with Gasteiger partial charge in [0.05, 0.1) is 0 Å². The maximum atomic E-state index is 12.3. The Morgan fingerprint density at radius 3 is 2.50 bits per heavy atom. The minimum absolute atomic E-state index is 0.0614. The predicted octanol–water partition coefficient (Wildman–Crippen LogP) is 1.64. The fraction of sp³-hybridized carbons (Fsp3) is 0.562. The Balaban J connectivity index is 1.74. The van der Waals surface area contributed by atoms with Gasteiger partial charge >= 0.3 is 6.03 Å². The summed E-state index contributed by atoms with van der Waals surface area (Å²) in [6, 6.07) is 3.50. The standard InChI is InChI=1S/C16H24N4O2/c1-12(2)19-16(22)18-11-13-5-9-20(10-6-13)15(21)14-3-7-17-8-4-14/h3-4,7-8,12-13H,5-6,9-11H2,1-2H3,(H2,18,19,22). The monoisotopic (exact) mass is 304 g/mol. The maximum absolute atomic E-state index is 12.3. The fourth-order valence-electron chi connectivity index (χ4n) is 2.57. The van der Waals surface area contributed by atoms with Gasteiger partial charge in [-0.3, -0.25) is 9.78 Å². The summed E-state index contributed by atoms with van der Waals surface area (Å²) >= 11 is 0. The first-order chi connectivity index (χ1) is 10.6. The average molecular weight is 304 g/mol. The highest BCUT2D eigenvalue weighted by Gasteiger charge is 2.23. The summed E-state index contributed by atoms with van der Waals surface area (Å²) in [4.78, 5) is 29.7. The summed E-state index contributed by atoms with van der Waals surface area (Å²) in [5, 5.41) is 5.71. The first kappa shape index (κ1) is 16.3. The molecule has 0 saturated carbocycles. The van der Waals surface area contributed by atoms with Crippen molar-refractivity contribution in [1.29, 1.82) is 0 Å². The molecule has 6 nitrogen and oxygen atoms in total. The van der Waals surface area contributed by atoms with Crippen molar-refractivity contribution in [3.63, 3.8) is 0 Å². The van der Waals surface area contributed by atoms with Gasteiger partial charge in [0, 0.05) is 43.6 Å². The zero-order chi connectivity index (χ0) is 15.9. The van der Waals surface area contributed by atoms with Crippen LogP contribution in [-0.2, 0) is 0 Å². The molecule has 120 valence electrons. The highest BCUT2D eigenvalue weighted by Crippen LogP contribution is 2.18. The molecular weight excluding hydrogens is 280 g/mol. The van der Waals surface area contributed by atoms with Gasteiger partial charge in [0.1, 0.15) is 0 Å². The number of amides is 3. The molecule has 2 rings (SSSR count). The molecule has 1 aromatic rings. The van der Waals surface area contributed by atoms with Crippen molar-refractivity contribution in [2.45, 2.75) is 32.7 Å². The van der Waals surface area contributed by atoms with Gasteiger partial charge in [-0.1, -0.05) is 0 Å². The number of aromatic nitrogens is 1. The third kappa shape index (κ3) is 4.72. The quantitative estimate of drug-likeness (QED) is 0.888. The third-order valence-corrected chi connectivity index (χ3v) is 3.80. The van der Waals surface area contributed by atoms with E-state index in [2.05, 4.69) is 15.6 Å². The van der Waals surface area contributed by atoms with Crippen LogP contribution >= 0.6 is 0 Å². The Morgan fingerprint density at radius 2 is 1.91 bits per heavy atom. The molecule has 6 heteroatoms. The van der Waals surface area contributed by atoms with Gasteiger partial charge in [-0.05, 0) is 44.7 Å². The number of hydrogen-bond donors (Lipinski definition) is 2. The molecule has 1 saturated heterocycles. The van der Waals surface area contributed by atoms with Crippen LogP contribution in [0.2, 0.25) is 0 Å². The molecule has 0 bridgehead atoms. The first-order valence-corrected chi connectivity index (χ1v) is 7.80. The maximum Gasteiger partial charge on any atom is 0.314 e. The number of rotatable bonds is 4. The van der Waals surface area contributed by atoms with Gasteiger partial charge in [-0.25, -0.2) is 4.79 Å². The molecule has 1 fully saturated rings.